The number of hydrogen-bond donors (Lipinski definition) is 0. The van der Waals surface area contributed by atoms with Crippen molar-refractivity contribution in [3.8, 4) is 0 Å². The van der Waals surface area contributed by atoms with Crippen LogP contribution in [-0.4, -0.2) is 24.3 Å². The molecule has 0 N–H and O–H groups in total. The first kappa shape index (κ1) is 9.04. The molecule has 0 bridgehead atoms. The van der Waals surface area contributed by atoms with Gasteiger partial charge in [0, 0.05) is 6.08 Å². The summed E-state index contributed by atoms with van der Waals surface area (Å²) >= 11 is 0. The Bertz CT molecular complexity index is 394. The van der Waals surface area contributed by atoms with E-state index in [1.165, 1.54) is 0 Å². The van der Waals surface area contributed by atoms with Crippen LogP contribution in [0.5, 0.6) is 0 Å². The van der Waals surface area contributed by atoms with Gasteiger partial charge in [0.25, 0.3) is 5.91 Å². The van der Waals surface area contributed by atoms with Gasteiger partial charge in [-0.05, 0) is 19.3 Å². The molecular weight excluding hydrogens is 190 g/mol. The second kappa shape index (κ2) is 3.14. The zero-order valence-corrected chi connectivity index (χ0v) is 8.48. The van der Waals surface area contributed by atoms with Gasteiger partial charge in [0.2, 0.25) is 0 Å². The van der Waals surface area contributed by atoms with Crippen LogP contribution in [0.2, 0.25) is 0 Å². The van der Waals surface area contributed by atoms with Crippen molar-refractivity contribution in [2.45, 2.75) is 25.4 Å². The zero-order valence-electron chi connectivity index (χ0n) is 8.48. The summed E-state index contributed by atoms with van der Waals surface area (Å²) in [7, 11) is 0. The molecule has 3 heteroatoms. The molecule has 0 aromatic carbocycles. The van der Waals surface area contributed by atoms with E-state index in [2.05, 4.69) is 17.1 Å². The van der Waals surface area contributed by atoms with E-state index in [9.17, 15) is 4.79 Å². The van der Waals surface area contributed by atoms with Gasteiger partial charge in [-0.25, -0.2) is 4.99 Å². The van der Waals surface area contributed by atoms with Crippen LogP contribution in [0.25, 0.3) is 0 Å². The molecule has 1 fully saturated rings. The highest BCUT2D eigenvalue weighted by atomic mass is 16.5. The second-order valence-electron chi connectivity index (χ2n) is 4.30. The number of allylic oxidation sites excluding steroid dienone is 1. The van der Waals surface area contributed by atoms with E-state index in [1.54, 1.807) is 6.08 Å². The van der Waals surface area contributed by atoms with Crippen LogP contribution in [-0.2, 0) is 9.53 Å². The predicted octanol–water partition coefficient (Wildman–Crippen LogP) is 1.65. The average molecular weight is 203 g/mol. The first-order valence-corrected chi connectivity index (χ1v) is 5.42. The van der Waals surface area contributed by atoms with Crippen molar-refractivity contribution in [1.82, 2.24) is 0 Å². The molecule has 3 aliphatic rings. The summed E-state index contributed by atoms with van der Waals surface area (Å²) in [5, 5.41) is 0. The Morgan fingerprint density at radius 1 is 1.47 bits per heavy atom. The van der Waals surface area contributed by atoms with Gasteiger partial charge < -0.3 is 4.74 Å². The lowest BCUT2D eigenvalue weighted by atomic mass is 9.77. The SMILES string of the molecule is O=C1C=CC23C=CCCCC2OCC3=N1. The Labute approximate surface area is 88.5 Å². The first-order valence-electron chi connectivity index (χ1n) is 5.42. The predicted molar refractivity (Wildman–Crippen MR) is 56.7 cm³/mol. The van der Waals surface area contributed by atoms with E-state index in [4.69, 9.17) is 4.74 Å². The summed E-state index contributed by atoms with van der Waals surface area (Å²) < 4.78 is 5.74. The molecule has 2 atom stereocenters. The van der Waals surface area contributed by atoms with Gasteiger partial charge in [-0.1, -0.05) is 18.2 Å². The third-order valence-corrected chi connectivity index (χ3v) is 3.43. The number of hydrogen-bond acceptors (Lipinski definition) is 2. The Morgan fingerprint density at radius 3 is 3.33 bits per heavy atom. The number of carbonyl (C=O) groups is 1. The Balaban J connectivity index is 2.09. The lowest BCUT2D eigenvalue weighted by molar-refractivity contribution is -0.113. The van der Waals surface area contributed by atoms with Crippen LogP contribution >= 0.6 is 0 Å². The van der Waals surface area contributed by atoms with Crippen molar-refractivity contribution in [3.63, 3.8) is 0 Å². The Hall–Kier alpha value is -1.22. The Morgan fingerprint density at radius 2 is 2.40 bits per heavy atom. The number of dihydropyridines is 1. The lowest BCUT2D eigenvalue weighted by Crippen LogP contribution is -2.34. The van der Waals surface area contributed by atoms with Crippen molar-refractivity contribution in [2.75, 3.05) is 6.61 Å². The number of rotatable bonds is 0. The van der Waals surface area contributed by atoms with Gasteiger partial charge in [0.05, 0.1) is 23.8 Å². The maximum atomic E-state index is 11.2. The summed E-state index contributed by atoms with van der Waals surface area (Å²) in [5.41, 5.74) is 0.683. The van der Waals surface area contributed by atoms with E-state index in [0.29, 0.717) is 6.61 Å². The molecule has 0 aromatic rings. The van der Waals surface area contributed by atoms with Gasteiger partial charge in [-0.15, -0.1) is 0 Å². The fourth-order valence-electron chi connectivity index (χ4n) is 2.62. The number of ether oxygens (including phenoxy) is 1. The number of nitrogens with zero attached hydrogens (tertiary/aromatic N) is 1. The van der Waals surface area contributed by atoms with E-state index in [0.717, 1.165) is 25.0 Å². The van der Waals surface area contributed by atoms with Crippen LogP contribution in [0, 0.1) is 5.41 Å². The maximum Gasteiger partial charge on any atom is 0.269 e. The van der Waals surface area contributed by atoms with Gasteiger partial charge in [-0.3, -0.25) is 4.79 Å². The third-order valence-electron chi connectivity index (χ3n) is 3.43. The smallest absolute Gasteiger partial charge is 0.269 e. The van der Waals surface area contributed by atoms with Crippen molar-refractivity contribution in [1.29, 1.82) is 0 Å². The molecule has 3 nitrogen and oxygen atoms in total. The molecule has 1 aliphatic carbocycles. The van der Waals surface area contributed by atoms with Gasteiger partial charge >= 0.3 is 0 Å². The van der Waals surface area contributed by atoms with E-state index >= 15 is 0 Å². The molecule has 0 radical (unpaired) electrons. The first-order chi connectivity index (χ1) is 7.31. The number of amides is 1. The van der Waals surface area contributed by atoms with Crippen molar-refractivity contribution < 1.29 is 9.53 Å². The molecule has 1 saturated heterocycles. The molecule has 2 heterocycles. The van der Waals surface area contributed by atoms with Gasteiger partial charge in [0.15, 0.2) is 0 Å². The maximum absolute atomic E-state index is 11.2. The topological polar surface area (TPSA) is 38.7 Å². The highest BCUT2D eigenvalue weighted by Gasteiger charge is 2.47. The lowest BCUT2D eigenvalue weighted by Gasteiger charge is -2.28. The minimum absolute atomic E-state index is 0.155. The fourth-order valence-corrected chi connectivity index (χ4v) is 2.62. The molecule has 0 aromatic heterocycles. The summed E-state index contributed by atoms with van der Waals surface area (Å²) in [6.07, 6.45) is 11.4. The highest BCUT2D eigenvalue weighted by Crippen LogP contribution is 2.42. The molecule has 1 amide bonds. The summed E-state index contributed by atoms with van der Waals surface area (Å²) in [6.45, 7) is 0.505. The van der Waals surface area contributed by atoms with E-state index in [-0.39, 0.29) is 17.4 Å². The van der Waals surface area contributed by atoms with Gasteiger partial charge in [-0.2, -0.15) is 0 Å². The fraction of sp³-hybridized carbons (Fsp3) is 0.500. The number of carbonyl (C=O) groups excluding carboxylic acids is 1. The molecular formula is C12H13NO2. The second-order valence-corrected chi connectivity index (χ2v) is 4.30. The average Bonchev–Trinajstić information content (AvgIpc) is 2.46. The van der Waals surface area contributed by atoms with Crippen molar-refractivity contribution in [3.05, 3.63) is 24.3 Å². The minimum atomic E-state index is -0.204. The number of aliphatic imine (C=N–C) groups is 1. The normalized spacial score (nSPS) is 38.3. The van der Waals surface area contributed by atoms with Crippen molar-refractivity contribution in [2.24, 2.45) is 10.4 Å². The molecule has 78 valence electrons. The quantitative estimate of drug-likeness (QED) is 0.561. The van der Waals surface area contributed by atoms with Crippen LogP contribution in [0.3, 0.4) is 0 Å². The van der Waals surface area contributed by atoms with E-state index < -0.39 is 0 Å². The summed E-state index contributed by atoms with van der Waals surface area (Å²) in [5.74, 6) is -0.155. The molecule has 2 aliphatic heterocycles. The van der Waals surface area contributed by atoms with Crippen LogP contribution in [0.1, 0.15) is 19.3 Å². The molecule has 3 rings (SSSR count). The summed E-state index contributed by atoms with van der Waals surface area (Å²) in [6, 6.07) is 0. The van der Waals surface area contributed by atoms with Crippen LogP contribution < -0.4 is 0 Å². The van der Waals surface area contributed by atoms with Crippen molar-refractivity contribution >= 4 is 11.6 Å². The molecule has 1 spiro atoms. The van der Waals surface area contributed by atoms with Crippen LogP contribution in [0.4, 0.5) is 0 Å². The van der Waals surface area contributed by atoms with Gasteiger partial charge in [0.1, 0.15) is 0 Å². The molecule has 2 unspecified atom stereocenters. The molecule has 15 heavy (non-hydrogen) atoms. The zero-order chi connectivity index (χ0) is 10.3. The monoisotopic (exact) mass is 203 g/mol. The standard InChI is InChI=1S/C12H13NO2/c14-11-5-7-12-6-3-1-2-4-10(12)15-8-9(12)13-11/h3,5-7,10H,1-2,4,8H2. The Kier molecular flexibility index (Phi) is 1.89. The van der Waals surface area contributed by atoms with Crippen LogP contribution in [0.15, 0.2) is 29.3 Å². The molecule has 0 saturated carbocycles. The largest absolute Gasteiger partial charge is 0.371 e. The minimum Gasteiger partial charge on any atom is -0.371 e. The third kappa shape index (κ3) is 1.23. The summed E-state index contributed by atoms with van der Waals surface area (Å²) in [4.78, 5) is 15.3. The highest BCUT2D eigenvalue weighted by molar-refractivity contribution is 6.09. The van der Waals surface area contributed by atoms with E-state index in [1.807, 2.05) is 6.08 Å².